The molecule has 19 heavy (non-hydrogen) atoms. The minimum absolute atomic E-state index is 0.101. The SMILES string of the molecule is CC(=O)[C@@H](C)n1c(Br)nc2c1c(=O)n(C)c(=O)n2C. The molecule has 0 bridgehead atoms. The molecule has 0 amide bonds. The van der Waals surface area contributed by atoms with E-state index in [0.717, 1.165) is 4.57 Å². The van der Waals surface area contributed by atoms with Crippen molar-refractivity contribution in [2.45, 2.75) is 19.9 Å². The molecule has 2 rings (SSSR count). The van der Waals surface area contributed by atoms with Crippen molar-refractivity contribution in [1.82, 2.24) is 18.7 Å². The molecule has 0 saturated heterocycles. The molecule has 8 heteroatoms. The minimum atomic E-state index is -0.537. The molecule has 0 aliphatic rings. The molecule has 0 fully saturated rings. The summed E-state index contributed by atoms with van der Waals surface area (Å²) in [4.78, 5) is 39.7. The first kappa shape index (κ1) is 13.7. The molecule has 0 radical (unpaired) electrons. The molecule has 0 saturated carbocycles. The normalized spacial score (nSPS) is 12.9. The number of nitrogens with zero attached hydrogens (tertiary/aromatic N) is 4. The smallest absolute Gasteiger partial charge is 0.302 e. The third-order valence-corrected chi connectivity index (χ3v) is 3.78. The molecule has 0 unspecified atom stereocenters. The molecule has 1 atom stereocenters. The molecular formula is C11H13BrN4O3. The van der Waals surface area contributed by atoms with Gasteiger partial charge in [-0.15, -0.1) is 0 Å². The number of aromatic nitrogens is 4. The van der Waals surface area contributed by atoms with Crippen LogP contribution in [0, 0.1) is 0 Å². The molecule has 0 aromatic carbocycles. The summed E-state index contributed by atoms with van der Waals surface area (Å²) in [6, 6.07) is -0.537. The van der Waals surface area contributed by atoms with Crippen LogP contribution < -0.4 is 11.2 Å². The summed E-state index contributed by atoms with van der Waals surface area (Å²) >= 11 is 3.23. The minimum Gasteiger partial charge on any atom is -0.302 e. The van der Waals surface area contributed by atoms with Crippen LogP contribution in [0.4, 0.5) is 0 Å². The van der Waals surface area contributed by atoms with Gasteiger partial charge in [0.2, 0.25) is 0 Å². The summed E-state index contributed by atoms with van der Waals surface area (Å²) in [5, 5.41) is 0. The van der Waals surface area contributed by atoms with Gasteiger partial charge < -0.3 is 4.57 Å². The van der Waals surface area contributed by atoms with E-state index < -0.39 is 17.3 Å². The van der Waals surface area contributed by atoms with Gasteiger partial charge in [0.1, 0.15) is 0 Å². The zero-order valence-electron chi connectivity index (χ0n) is 11.0. The van der Waals surface area contributed by atoms with E-state index in [1.807, 2.05) is 0 Å². The first-order valence-electron chi connectivity index (χ1n) is 5.61. The molecule has 2 aromatic rings. The van der Waals surface area contributed by atoms with Crippen LogP contribution in [0.3, 0.4) is 0 Å². The van der Waals surface area contributed by atoms with Crippen molar-refractivity contribution in [3.63, 3.8) is 0 Å². The highest BCUT2D eigenvalue weighted by molar-refractivity contribution is 9.10. The number of carbonyl (C=O) groups is 1. The first-order valence-corrected chi connectivity index (χ1v) is 6.40. The second-order valence-corrected chi connectivity index (χ2v) is 5.12. The molecule has 0 N–H and O–H groups in total. The van der Waals surface area contributed by atoms with Crippen molar-refractivity contribution in [3.05, 3.63) is 25.6 Å². The van der Waals surface area contributed by atoms with Crippen molar-refractivity contribution in [2.24, 2.45) is 14.1 Å². The van der Waals surface area contributed by atoms with Gasteiger partial charge in [0.15, 0.2) is 21.7 Å². The Morgan fingerprint density at radius 2 is 1.84 bits per heavy atom. The highest BCUT2D eigenvalue weighted by Gasteiger charge is 2.22. The maximum Gasteiger partial charge on any atom is 0.332 e. The lowest BCUT2D eigenvalue weighted by molar-refractivity contribution is -0.119. The molecule has 0 spiro atoms. The maximum absolute atomic E-state index is 12.2. The number of ketones is 1. The van der Waals surface area contributed by atoms with Crippen molar-refractivity contribution >= 4 is 32.9 Å². The van der Waals surface area contributed by atoms with Crippen LogP contribution in [0.2, 0.25) is 0 Å². The van der Waals surface area contributed by atoms with E-state index in [1.54, 1.807) is 6.92 Å². The van der Waals surface area contributed by atoms with Gasteiger partial charge in [-0.3, -0.25) is 18.7 Å². The molecule has 102 valence electrons. The van der Waals surface area contributed by atoms with E-state index >= 15 is 0 Å². The molecule has 2 aromatic heterocycles. The average Bonchev–Trinajstić information content (AvgIpc) is 2.70. The van der Waals surface area contributed by atoms with Gasteiger partial charge in [0.25, 0.3) is 5.56 Å². The highest BCUT2D eigenvalue weighted by atomic mass is 79.9. The zero-order valence-corrected chi connectivity index (χ0v) is 12.6. The lowest BCUT2D eigenvalue weighted by atomic mass is 10.2. The number of imidazole rings is 1. The number of fused-ring (bicyclic) bond motifs is 1. The molecule has 2 heterocycles. The van der Waals surface area contributed by atoms with Crippen LogP contribution in [0.15, 0.2) is 14.3 Å². The summed E-state index contributed by atoms with van der Waals surface area (Å²) in [7, 11) is 2.93. The van der Waals surface area contributed by atoms with Crippen molar-refractivity contribution in [1.29, 1.82) is 0 Å². The Morgan fingerprint density at radius 3 is 2.37 bits per heavy atom. The average molecular weight is 329 g/mol. The van der Waals surface area contributed by atoms with Crippen LogP contribution in [-0.4, -0.2) is 24.5 Å². The van der Waals surface area contributed by atoms with Crippen molar-refractivity contribution in [3.8, 4) is 0 Å². The Balaban J connectivity index is 3.04. The topological polar surface area (TPSA) is 78.9 Å². The van der Waals surface area contributed by atoms with Crippen molar-refractivity contribution < 1.29 is 4.79 Å². The van der Waals surface area contributed by atoms with Gasteiger partial charge >= 0.3 is 5.69 Å². The number of hydrogen-bond acceptors (Lipinski definition) is 4. The quantitative estimate of drug-likeness (QED) is 0.745. The van der Waals surface area contributed by atoms with Crippen LogP contribution in [0.5, 0.6) is 0 Å². The van der Waals surface area contributed by atoms with Gasteiger partial charge in [-0.2, -0.15) is 0 Å². The van der Waals surface area contributed by atoms with E-state index in [-0.39, 0.29) is 16.9 Å². The first-order chi connectivity index (χ1) is 8.77. The van der Waals surface area contributed by atoms with Gasteiger partial charge in [-0.1, -0.05) is 0 Å². The third-order valence-electron chi connectivity index (χ3n) is 3.22. The van der Waals surface area contributed by atoms with E-state index in [1.165, 1.54) is 30.2 Å². The number of hydrogen-bond donors (Lipinski definition) is 0. The van der Waals surface area contributed by atoms with Gasteiger partial charge in [0, 0.05) is 14.1 Å². The zero-order chi connectivity index (χ0) is 14.5. The summed E-state index contributed by atoms with van der Waals surface area (Å²) in [6.07, 6.45) is 0. The van der Waals surface area contributed by atoms with Crippen LogP contribution in [-0.2, 0) is 18.9 Å². The Bertz CT molecular complexity index is 799. The summed E-state index contributed by atoms with van der Waals surface area (Å²) in [5.41, 5.74) is -0.429. The van der Waals surface area contributed by atoms with E-state index in [9.17, 15) is 14.4 Å². The fourth-order valence-corrected chi connectivity index (χ4v) is 2.58. The molecule has 0 aliphatic carbocycles. The predicted molar refractivity (Wildman–Crippen MR) is 73.3 cm³/mol. The van der Waals surface area contributed by atoms with Crippen molar-refractivity contribution in [2.75, 3.05) is 0 Å². The second-order valence-electron chi connectivity index (χ2n) is 4.42. The summed E-state index contributed by atoms with van der Waals surface area (Å²) < 4.78 is 4.13. The Labute approximate surface area is 116 Å². The van der Waals surface area contributed by atoms with Gasteiger partial charge in [-0.05, 0) is 29.8 Å². The monoisotopic (exact) mass is 328 g/mol. The highest BCUT2D eigenvalue weighted by Crippen LogP contribution is 2.22. The Morgan fingerprint density at radius 1 is 1.26 bits per heavy atom. The number of halogens is 1. The lowest BCUT2D eigenvalue weighted by Gasteiger charge is -2.12. The Kier molecular flexibility index (Phi) is 3.21. The summed E-state index contributed by atoms with van der Waals surface area (Å²) in [5.74, 6) is -0.101. The largest absolute Gasteiger partial charge is 0.332 e. The fourth-order valence-electron chi connectivity index (χ4n) is 1.92. The second kappa shape index (κ2) is 4.44. The van der Waals surface area contributed by atoms with Crippen LogP contribution >= 0.6 is 15.9 Å². The predicted octanol–water partition coefficient (Wildman–Crippen LogP) is 0.346. The maximum atomic E-state index is 12.2. The number of rotatable bonds is 2. The van der Waals surface area contributed by atoms with Crippen LogP contribution in [0.25, 0.3) is 11.2 Å². The number of carbonyl (C=O) groups excluding carboxylic acids is 1. The van der Waals surface area contributed by atoms with Gasteiger partial charge in [0.05, 0.1) is 6.04 Å². The molecular weight excluding hydrogens is 316 g/mol. The molecule has 0 aliphatic heterocycles. The van der Waals surface area contributed by atoms with Crippen LogP contribution in [0.1, 0.15) is 19.9 Å². The standard InChI is InChI=1S/C11H13BrN4O3/c1-5(6(2)17)16-7-8(13-10(16)12)14(3)11(19)15(4)9(7)18/h5H,1-4H3/t5-/m1/s1. The van der Waals surface area contributed by atoms with E-state index in [2.05, 4.69) is 20.9 Å². The lowest BCUT2D eigenvalue weighted by Crippen LogP contribution is -2.38. The molecule has 7 nitrogen and oxygen atoms in total. The Hall–Kier alpha value is -1.70. The fraction of sp³-hybridized carbons (Fsp3) is 0.455. The van der Waals surface area contributed by atoms with E-state index in [4.69, 9.17) is 0 Å². The van der Waals surface area contributed by atoms with E-state index in [0.29, 0.717) is 4.73 Å². The third kappa shape index (κ3) is 1.86. The number of aryl methyl sites for hydroxylation is 1. The number of Topliss-reactive ketones (excluding diaryl/α,β-unsaturated/α-hetero) is 1. The van der Waals surface area contributed by atoms with Gasteiger partial charge in [-0.25, -0.2) is 9.78 Å². The summed E-state index contributed by atoms with van der Waals surface area (Å²) in [6.45, 7) is 3.12.